The Hall–Kier alpha value is -4.78. The van der Waals surface area contributed by atoms with Crippen molar-refractivity contribution < 1.29 is 9.53 Å². The number of methoxy groups -OCH3 is 1. The number of hydrogen-bond donors (Lipinski definition) is 0. The van der Waals surface area contributed by atoms with E-state index in [0.717, 1.165) is 17.0 Å². The van der Waals surface area contributed by atoms with Crippen LogP contribution in [0.3, 0.4) is 0 Å². The Labute approximate surface area is 201 Å². The lowest BCUT2D eigenvalue weighted by Gasteiger charge is -2.10. The van der Waals surface area contributed by atoms with Gasteiger partial charge in [-0.25, -0.2) is 9.67 Å². The van der Waals surface area contributed by atoms with Gasteiger partial charge in [-0.05, 0) is 67.1 Å². The van der Waals surface area contributed by atoms with Gasteiger partial charge in [0.25, 0.3) is 5.56 Å². The lowest BCUT2D eigenvalue weighted by atomic mass is 10.1. The molecule has 0 aliphatic carbocycles. The molecule has 0 spiro atoms. The second-order valence-electron chi connectivity index (χ2n) is 7.95. The Balaban J connectivity index is 1.43. The molecular formula is C28H22N4O3. The Morgan fingerprint density at radius 2 is 1.63 bits per heavy atom. The van der Waals surface area contributed by atoms with Gasteiger partial charge in [0, 0.05) is 5.56 Å². The van der Waals surface area contributed by atoms with E-state index in [1.165, 1.54) is 16.8 Å². The minimum Gasteiger partial charge on any atom is -0.497 e. The number of aromatic nitrogens is 4. The normalized spacial score (nSPS) is 11.3. The number of fused-ring (bicyclic) bond motifs is 1. The third-order valence-corrected chi connectivity index (χ3v) is 5.72. The van der Waals surface area contributed by atoms with E-state index in [2.05, 4.69) is 10.1 Å². The van der Waals surface area contributed by atoms with Gasteiger partial charge in [-0.2, -0.15) is 5.10 Å². The molecule has 2 aromatic heterocycles. The molecule has 0 bridgehead atoms. The smallest absolute Gasteiger partial charge is 0.269 e. The molecule has 0 unspecified atom stereocenters. The zero-order valence-electron chi connectivity index (χ0n) is 19.3. The third-order valence-electron chi connectivity index (χ3n) is 5.72. The van der Waals surface area contributed by atoms with Crippen molar-refractivity contribution in [1.29, 1.82) is 0 Å². The summed E-state index contributed by atoms with van der Waals surface area (Å²) in [4.78, 5) is 30.6. The number of ketones is 1. The summed E-state index contributed by atoms with van der Waals surface area (Å²) in [6, 6.07) is 23.9. The van der Waals surface area contributed by atoms with E-state index < -0.39 is 0 Å². The minimum absolute atomic E-state index is 0.130. The zero-order chi connectivity index (χ0) is 24.4. The van der Waals surface area contributed by atoms with E-state index in [4.69, 9.17) is 4.74 Å². The van der Waals surface area contributed by atoms with Crippen molar-refractivity contribution in [2.75, 3.05) is 7.11 Å². The van der Waals surface area contributed by atoms with Crippen LogP contribution in [-0.2, 0) is 0 Å². The van der Waals surface area contributed by atoms with E-state index in [9.17, 15) is 9.59 Å². The monoisotopic (exact) mass is 462 g/mol. The first-order valence-corrected chi connectivity index (χ1v) is 11.0. The number of ether oxygens (including phenoxy) is 1. The first-order valence-electron chi connectivity index (χ1n) is 11.0. The van der Waals surface area contributed by atoms with Gasteiger partial charge in [0.15, 0.2) is 11.4 Å². The van der Waals surface area contributed by atoms with Crippen molar-refractivity contribution in [1.82, 2.24) is 19.3 Å². The number of allylic oxidation sites excluding steroid dienone is 1. The van der Waals surface area contributed by atoms with Crippen molar-refractivity contribution >= 4 is 22.9 Å². The lowest BCUT2D eigenvalue weighted by molar-refractivity contribution is 0.104. The van der Waals surface area contributed by atoms with Gasteiger partial charge in [0.1, 0.15) is 17.0 Å². The van der Waals surface area contributed by atoms with Crippen LogP contribution in [0.15, 0.2) is 95.9 Å². The topological polar surface area (TPSA) is 79.0 Å². The van der Waals surface area contributed by atoms with E-state index >= 15 is 0 Å². The van der Waals surface area contributed by atoms with Crippen LogP contribution in [0.25, 0.3) is 28.5 Å². The summed E-state index contributed by atoms with van der Waals surface area (Å²) in [5.74, 6) is 1.16. The van der Waals surface area contributed by atoms with Gasteiger partial charge in [-0.1, -0.05) is 36.4 Å². The van der Waals surface area contributed by atoms with Crippen LogP contribution in [0.4, 0.5) is 0 Å². The number of carbonyl (C=O) groups is 1. The maximum absolute atomic E-state index is 13.3. The van der Waals surface area contributed by atoms with Crippen molar-refractivity contribution in [3.05, 3.63) is 118 Å². The quantitative estimate of drug-likeness (QED) is 0.268. The number of carbonyl (C=O) groups excluding carboxylic acids is 1. The highest BCUT2D eigenvalue weighted by Crippen LogP contribution is 2.18. The molecule has 0 saturated carbocycles. The molecule has 0 radical (unpaired) electrons. The fraction of sp³-hybridized carbons (Fsp3) is 0.0714. The molecule has 0 saturated heterocycles. The van der Waals surface area contributed by atoms with Gasteiger partial charge in [0.2, 0.25) is 0 Å². The molecule has 0 aliphatic rings. The van der Waals surface area contributed by atoms with Gasteiger partial charge in [0.05, 0.1) is 24.7 Å². The van der Waals surface area contributed by atoms with Crippen molar-refractivity contribution in [3.63, 3.8) is 0 Å². The summed E-state index contributed by atoms with van der Waals surface area (Å²) in [5, 5.41) is 4.79. The molecule has 0 N–H and O–H groups in total. The SMILES string of the molecule is COc1ccc(C=CC(=O)c2ccc(-n3c(C)nc4c(cnn4-c4ccccc4)c3=O)cc2)cc1. The number of para-hydroxylation sites is 1. The summed E-state index contributed by atoms with van der Waals surface area (Å²) >= 11 is 0. The summed E-state index contributed by atoms with van der Waals surface area (Å²) in [5.41, 5.74) is 3.17. The second kappa shape index (κ2) is 9.23. The molecule has 3 aromatic carbocycles. The summed E-state index contributed by atoms with van der Waals surface area (Å²) in [7, 11) is 1.61. The van der Waals surface area contributed by atoms with Gasteiger partial charge < -0.3 is 4.74 Å². The molecule has 5 aromatic rings. The van der Waals surface area contributed by atoms with E-state index in [1.807, 2.05) is 54.6 Å². The Morgan fingerprint density at radius 3 is 2.31 bits per heavy atom. The molecule has 7 heteroatoms. The first kappa shape index (κ1) is 22.0. The molecule has 0 aliphatic heterocycles. The molecular weight excluding hydrogens is 440 g/mol. The molecule has 7 nitrogen and oxygen atoms in total. The van der Waals surface area contributed by atoms with Crippen molar-refractivity contribution in [2.24, 2.45) is 0 Å². The molecule has 0 atom stereocenters. The van der Waals surface area contributed by atoms with Gasteiger partial charge >= 0.3 is 0 Å². The van der Waals surface area contributed by atoms with Crippen LogP contribution >= 0.6 is 0 Å². The third kappa shape index (κ3) is 4.27. The second-order valence-corrected chi connectivity index (χ2v) is 7.95. The van der Waals surface area contributed by atoms with Crippen molar-refractivity contribution in [2.45, 2.75) is 6.92 Å². The molecule has 2 heterocycles. The van der Waals surface area contributed by atoms with Crippen LogP contribution < -0.4 is 10.3 Å². The number of benzene rings is 3. The highest BCUT2D eigenvalue weighted by Gasteiger charge is 2.15. The Kier molecular flexibility index (Phi) is 5.81. The van der Waals surface area contributed by atoms with Crippen LogP contribution in [-0.4, -0.2) is 32.2 Å². The Bertz CT molecular complexity index is 1600. The molecule has 0 fully saturated rings. The zero-order valence-corrected chi connectivity index (χ0v) is 19.3. The van der Waals surface area contributed by atoms with Gasteiger partial charge in [-0.15, -0.1) is 0 Å². The number of hydrogen-bond acceptors (Lipinski definition) is 5. The molecule has 35 heavy (non-hydrogen) atoms. The first-order chi connectivity index (χ1) is 17.0. The minimum atomic E-state index is -0.215. The van der Waals surface area contributed by atoms with Crippen LogP contribution in [0.1, 0.15) is 21.7 Å². The van der Waals surface area contributed by atoms with Crippen LogP contribution in [0, 0.1) is 6.92 Å². The largest absolute Gasteiger partial charge is 0.497 e. The summed E-state index contributed by atoms with van der Waals surface area (Å²) < 4.78 is 8.34. The fourth-order valence-electron chi connectivity index (χ4n) is 3.89. The predicted molar refractivity (Wildman–Crippen MR) is 136 cm³/mol. The van der Waals surface area contributed by atoms with E-state index in [0.29, 0.717) is 28.1 Å². The molecule has 0 amide bonds. The van der Waals surface area contributed by atoms with Crippen molar-refractivity contribution in [3.8, 4) is 17.1 Å². The number of nitrogens with zero attached hydrogens (tertiary/aromatic N) is 4. The Morgan fingerprint density at radius 1 is 0.914 bits per heavy atom. The fourth-order valence-corrected chi connectivity index (χ4v) is 3.89. The van der Waals surface area contributed by atoms with Crippen LogP contribution in [0.5, 0.6) is 5.75 Å². The maximum Gasteiger partial charge on any atom is 0.269 e. The average molecular weight is 463 g/mol. The highest BCUT2D eigenvalue weighted by molar-refractivity contribution is 6.06. The molecule has 172 valence electrons. The maximum atomic E-state index is 13.3. The predicted octanol–water partition coefficient (Wildman–Crippen LogP) is 4.78. The summed E-state index contributed by atoms with van der Waals surface area (Å²) in [6.07, 6.45) is 4.82. The lowest BCUT2D eigenvalue weighted by Crippen LogP contribution is -2.22. The summed E-state index contributed by atoms with van der Waals surface area (Å²) in [6.45, 7) is 1.78. The number of aryl methyl sites for hydroxylation is 1. The van der Waals surface area contributed by atoms with E-state index in [-0.39, 0.29) is 11.3 Å². The number of rotatable bonds is 6. The average Bonchev–Trinajstić information content (AvgIpc) is 3.32. The molecule has 5 rings (SSSR count). The standard InChI is InChI=1S/C28H22N4O3/c1-19-30-27-25(18-29-32(27)23-6-4-3-5-7-23)28(34)31(19)22-13-11-21(12-14-22)26(33)17-10-20-8-15-24(35-2)16-9-20/h3-18H,1-2H3. The van der Waals surface area contributed by atoms with Crippen LogP contribution in [0.2, 0.25) is 0 Å². The van der Waals surface area contributed by atoms with E-state index in [1.54, 1.807) is 49.1 Å². The highest BCUT2D eigenvalue weighted by atomic mass is 16.5. The van der Waals surface area contributed by atoms with Gasteiger partial charge in [-0.3, -0.25) is 14.2 Å².